The molecule has 0 bridgehead atoms. The molecule has 1 aliphatic rings. The van der Waals surface area contributed by atoms with E-state index in [0.29, 0.717) is 34.6 Å². The number of ether oxygens (including phenoxy) is 1. The second kappa shape index (κ2) is 10.8. The van der Waals surface area contributed by atoms with Gasteiger partial charge in [0, 0.05) is 41.4 Å². The number of primary sulfonamides is 1. The minimum Gasteiger partial charge on any atom is -0.508 e. The molecule has 0 spiro atoms. The first-order chi connectivity index (χ1) is 19.5. The number of hydrogen-bond acceptors (Lipinski definition) is 7. The fourth-order valence-corrected chi connectivity index (χ4v) is 5.25. The molecule has 7 N–H and O–H groups in total. The lowest BCUT2D eigenvalue weighted by Crippen LogP contribution is -2.30. The van der Waals surface area contributed by atoms with Crippen molar-refractivity contribution in [2.45, 2.75) is 17.2 Å². The van der Waals surface area contributed by atoms with E-state index in [1.807, 2.05) is 0 Å². The number of nitrogens with one attached hydrogen (secondary N) is 2. The standard InChI is InChI=1S/C29H25N3O8S/c30-41(38,39)20-6-1-16(2-7-20)11-12-31-29(37)32-17-3-8-21(24(13-17)28(35)36)27-22-9-4-18(33)14-25(22)40-26-15-19(34)5-10-23(26)27/h1-10,13-15,27,33-34H,11-12H2,(H,35,36)(H2,30,38,39)(H2,31,32,37). The number of rotatable bonds is 7. The van der Waals surface area contributed by atoms with E-state index in [4.69, 9.17) is 9.88 Å². The van der Waals surface area contributed by atoms with E-state index < -0.39 is 27.9 Å². The van der Waals surface area contributed by atoms with Gasteiger partial charge in [-0.1, -0.05) is 30.3 Å². The normalized spacial score (nSPS) is 12.5. The highest BCUT2D eigenvalue weighted by Gasteiger charge is 2.32. The zero-order valence-electron chi connectivity index (χ0n) is 21.4. The average Bonchev–Trinajstić information content (AvgIpc) is 2.91. The van der Waals surface area contributed by atoms with Crippen molar-refractivity contribution in [3.63, 3.8) is 0 Å². The zero-order chi connectivity index (χ0) is 29.3. The Morgan fingerprint density at radius 2 is 1.41 bits per heavy atom. The van der Waals surface area contributed by atoms with Gasteiger partial charge in [0.25, 0.3) is 0 Å². The number of fused-ring (bicyclic) bond motifs is 2. The van der Waals surface area contributed by atoms with Gasteiger partial charge in [0.05, 0.1) is 10.5 Å². The third-order valence-electron chi connectivity index (χ3n) is 6.64. The van der Waals surface area contributed by atoms with Gasteiger partial charge in [-0.3, -0.25) is 0 Å². The zero-order valence-corrected chi connectivity index (χ0v) is 22.2. The van der Waals surface area contributed by atoms with E-state index in [1.54, 1.807) is 36.4 Å². The predicted octanol–water partition coefficient (Wildman–Crippen LogP) is 4.09. The van der Waals surface area contributed by atoms with Crippen LogP contribution in [0.1, 0.15) is 38.5 Å². The van der Waals surface area contributed by atoms with Crippen LogP contribution >= 0.6 is 0 Å². The highest BCUT2D eigenvalue weighted by atomic mass is 32.2. The van der Waals surface area contributed by atoms with Gasteiger partial charge in [-0.15, -0.1) is 0 Å². The number of sulfonamides is 1. The number of amides is 2. The van der Waals surface area contributed by atoms with Crippen LogP contribution < -0.4 is 20.5 Å². The Bertz CT molecular complexity index is 1720. The molecule has 2 amide bonds. The first-order valence-corrected chi connectivity index (χ1v) is 13.9. The third kappa shape index (κ3) is 5.93. The Balaban J connectivity index is 1.35. The van der Waals surface area contributed by atoms with Crippen LogP contribution in [-0.2, 0) is 16.4 Å². The van der Waals surface area contributed by atoms with Crippen molar-refractivity contribution >= 4 is 27.7 Å². The average molecular weight is 576 g/mol. The van der Waals surface area contributed by atoms with Crippen LogP contribution in [0.25, 0.3) is 0 Å². The van der Waals surface area contributed by atoms with Crippen molar-refractivity contribution in [3.8, 4) is 23.0 Å². The molecule has 1 heterocycles. The lowest BCUT2D eigenvalue weighted by Gasteiger charge is -2.29. The van der Waals surface area contributed by atoms with Crippen LogP contribution in [0.2, 0.25) is 0 Å². The Morgan fingerprint density at radius 1 is 0.829 bits per heavy atom. The van der Waals surface area contributed by atoms with Gasteiger partial charge < -0.3 is 30.7 Å². The fourth-order valence-electron chi connectivity index (χ4n) is 4.73. The van der Waals surface area contributed by atoms with Crippen molar-refractivity contribution in [1.82, 2.24) is 5.32 Å². The van der Waals surface area contributed by atoms with Crippen LogP contribution in [0.3, 0.4) is 0 Å². The molecule has 11 nitrogen and oxygen atoms in total. The minimum absolute atomic E-state index is 0.00587. The van der Waals surface area contributed by atoms with Crippen molar-refractivity contribution in [2.24, 2.45) is 5.14 Å². The number of anilines is 1. The van der Waals surface area contributed by atoms with Crippen LogP contribution in [0.5, 0.6) is 23.0 Å². The molecule has 12 heteroatoms. The highest BCUT2D eigenvalue weighted by Crippen LogP contribution is 2.49. The summed E-state index contributed by atoms with van der Waals surface area (Å²) in [6.45, 7) is 0.236. The summed E-state index contributed by atoms with van der Waals surface area (Å²) in [5.41, 5.74) is 2.66. The number of phenolic OH excluding ortho intramolecular Hbond substituents is 2. The summed E-state index contributed by atoms with van der Waals surface area (Å²) < 4.78 is 28.7. The molecule has 0 atom stereocenters. The molecule has 0 fully saturated rings. The number of hydrogen-bond donors (Lipinski definition) is 6. The Kier molecular flexibility index (Phi) is 7.26. The second-order valence-corrected chi connectivity index (χ2v) is 11.0. The third-order valence-corrected chi connectivity index (χ3v) is 7.57. The number of carboxylic acid groups (broad SMARTS) is 1. The molecule has 1 aliphatic heterocycles. The van der Waals surface area contributed by atoms with Crippen LogP contribution in [0.15, 0.2) is 83.8 Å². The Hall–Kier alpha value is -5.07. The lowest BCUT2D eigenvalue weighted by molar-refractivity contribution is 0.0695. The van der Waals surface area contributed by atoms with Gasteiger partial charge in [0.1, 0.15) is 23.0 Å². The van der Waals surface area contributed by atoms with Crippen LogP contribution in [0.4, 0.5) is 10.5 Å². The van der Waals surface area contributed by atoms with Gasteiger partial charge in [0.2, 0.25) is 10.0 Å². The summed E-state index contributed by atoms with van der Waals surface area (Å²) in [5, 5.41) is 40.5. The number of aromatic hydroxyl groups is 2. The molecule has 4 aromatic rings. The number of benzene rings is 4. The quantitative estimate of drug-likeness (QED) is 0.167. The molecule has 0 radical (unpaired) electrons. The van der Waals surface area contributed by atoms with E-state index in [1.165, 1.54) is 42.5 Å². The summed E-state index contributed by atoms with van der Waals surface area (Å²) in [4.78, 5) is 24.9. The number of carbonyl (C=O) groups is 2. The van der Waals surface area contributed by atoms with Gasteiger partial charge >= 0.3 is 12.0 Å². The molecule has 0 saturated carbocycles. The molecule has 0 aromatic heterocycles. The molecule has 210 valence electrons. The topological polar surface area (TPSA) is 188 Å². The number of carbonyl (C=O) groups excluding carboxylic acids is 1. The number of phenols is 2. The smallest absolute Gasteiger partial charge is 0.336 e. The van der Waals surface area contributed by atoms with Crippen LogP contribution in [-0.4, -0.2) is 42.3 Å². The summed E-state index contributed by atoms with van der Waals surface area (Å²) in [6.07, 6.45) is 0.422. The summed E-state index contributed by atoms with van der Waals surface area (Å²) in [7, 11) is -3.79. The summed E-state index contributed by atoms with van der Waals surface area (Å²) >= 11 is 0. The van der Waals surface area contributed by atoms with Crippen molar-refractivity contribution in [3.05, 3.63) is 107 Å². The van der Waals surface area contributed by atoms with E-state index in [9.17, 15) is 33.3 Å². The number of carboxylic acids is 1. The first-order valence-electron chi connectivity index (χ1n) is 12.4. The molecule has 5 rings (SSSR count). The number of urea groups is 1. The van der Waals surface area contributed by atoms with E-state index >= 15 is 0 Å². The SMILES string of the molecule is NS(=O)(=O)c1ccc(CCNC(=O)Nc2ccc(C3c4ccc(O)cc4Oc4cc(O)ccc43)c(C(=O)O)c2)cc1. The highest BCUT2D eigenvalue weighted by molar-refractivity contribution is 7.89. The maximum Gasteiger partial charge on any atom is 0.336 e. The molecule has 0 aliphatic carbocycles. The minimum atomic E-state index is -3.79. The molecule has 0 saturated heterocycles. The predicted molar refractivity (Wildman–Crippen MR) is 149 cm³/mol. The molecular formula is C29H25N3O8S. The summed E-state index contributed by atoms with van der Waals surface area (Å²) in [5.74, 6) is -1.22. The molecule has 4 aromatic carbocycles. The lowest BCUT2D eigenvalue weighted by atomic mass is 9.80. The fraction of sp³-hybridized carbons (Fsp3) is 0.103. The summed E-state index contributed by atoms with van der Waals surface area (Å²) in [6, 6.07) is 19.1. The Morgan fingerprint density at radius 3 is 1.98 bits per heavy atom. The van der Waals surface area contributed by atoms with Gasteiger partial charge in [-0.2, -0.15) is 0 Å². The second-order valence-electron chi connectivity index (χ2n) is 9.41. The van der Waals surface area contributed by atoms with E-state index in [-0.39, 0.29) is 34.2 Å². The Labute approximate surface area is 234 Å². The largest absolute Gasteiger partial charge is 0.508 e. The van der Waals surface area contributed by atoms with Crippen molar-refractivity contribution in [2.75, 3.05) is 11.9 Å². The number of nitrogens with two attached hydrogens (primary N) is 1. The molecule has 0 unspecified atom stereocenters. The van der Waals surface area contributed by atoms with Gasteiger partial charge in [0.15, 0.2) is 0 Å². The monoisotopic (exact) mass is 575 g/mol. The molecular weight excluding hydrogens is 550 g/mol. The van der Waals surface area contributed by atoms with Gasteiger partial charge in [-0.05, 0) is 53.9 Å². The molecule has 41 heavy (non-hydrogen) atoms. The van der Waals surface area contributed by atoms with E-state index in [0.717, 1.165) is 5.56 Å². The van der Waals surface area contributed by atoms with Crippen molar-refractivity contribution < 1.29 is 38.1 Å². The number of aromatic carboxylic acids is 1. The van der Waals surface area contributed by atoms with Crippen LogP contribution in [0, 0.1) is 0 Å². The van der Waals surface area contributed by atoms with E-state index in [2.05, 4.69) is 10.6 Å². The van der Waals surface area contributed by atoms with Crippen molar-refractivity contribution in [1.29, 1.82) is 0 Å². The first kappa shape index (κ1) is 27.5. The van der Waals surface area contributed by atoms with Gasteiger partial charge in [-0.25, -0.2) is 23.1 Å². The maximum atomic E-state index is 12.5. The maximum absolute atomic E-state index is 12.5.